The molecular formula is C15H13ClN2OS. The third-order valence-corrected chi connectivity index (χ3v) is 4.95. The van der Waals surface area contributed by atoms with E-state index in [1.807, 2.05) is 43.5 Å². The number of hydrogen-bond donors (Lipinski definition) is 1. The van der Waals surface area contributed by atoms with Gasteiger partial charge in [0.15, 0.2) is 0 Å². The maximum Gasteiger partial charge on any atom is 0.230 e. The van der Waals surface area contributed by atoms with Crippen LogP contribution in [-0.2, 0) is 0 Å². The molecular weight excluding hydrogens is 292 g/mol. The van der Waals surface area contributed by atoms with Gasteiger partial charge in [-0.05, 0) is 35.9 Å². The second-order valence-corrected chi connectivity index (χ2v) is 5.90. The van der Waals surface area contributed by atoms with E-state index < -0.39 is 0 Å². The standard InChI is InChI=1S/C15H13ClN2OS/c1-8-5-3-4-6-10(8)11-13(18-19-15(11)17)14-12(16)9(2)7-20-14/h3-7H,17H2,1-2H3. The van der Waals surface area contributed by atoms with Crippen LogP contribution in [0.4, 0.5) is 5.88 Å². The van der Waals surface area contributed by atoms with Gasteiger partial charge in [0.2, 0.25) is 5.88 Å². The van der Waals surface area contributed by atoms with Crippen molar-refractivity contribution < 1.29 is 4.52 Å². The molecule has 0 spiro atoms. The lowest BCUT2D eigenvalue weighted by molar-refractivity contribution is 0.439. The van der Waals surface area contributed by atoms with E-state index in [1.54, 1.807) is 11.3 Å². The number of rotatable bonds is 2. The zero-order valence-corrected chi connectivity index (χ0v) is 12.7. The topological polar surface area (TPSA) is 52.0 Å². The highest BCUT2D eigenvalue weighted by Crippen LogP contribution is 2.43. The summed E-state index contributed by atoms with van der Waals surface area (Å²) in [6.45, 7) is 4.01. The lowest BCUT2D eigenvalue weighted by Gasteiger charge is -2.05. The van der Waals surface area contributed by atoms with E-state index >= 15 is 0 Å². The predicted molar refractivity (Wildman–Crippen MR) is 84.1 cm³/mol. The minimum atomic E-state index is 0.316. The molecule has 0 bridgehead atoms. The molecule has 3 aromatic rings. The van der Waals surface area contributed by atoms with Gasteiger partial charge in [0.1, 0.15) is 5.69 Å². The Labute approximate surface area is 126 Å². The fourth-order valence-corrected chi connectivity index (χ4v) is 3.43. The van der Waals surface area contributed by atoms with Crippen molar-refractivity contribution in [3.63, 3.8) is 0 Å². The Hall–Kier alpha value is -1.78. The lowest BCUT2D eigenvalue weighted by Crippen LogP contribution is -1.89. The number of nitrogen functional groups attached to an aromatic ring is 1. The van der Waals surface area contributed by atoms with Gasteiger partial charge in [-0.15, -0.1) is 11.3 Å². The van der Waals surface area contributed by atoms with Crippen molar-refractivity contribution in [1.82, 2.24) is 5.16 Å². The van der Waals surface area contributed by atoms with Crippen LogP contribution >= 0.6 is 22.9 Å². The highest BCUT2D eigenvalue weighted by molar-refractivity contribution is 7.14. The molecule has 0 fully saturated rings. The van der Waals surface area contributed by atoms with Crippen molar-refractivity contribution in [3.8, 4) is 21.7 Å². The summed E-state index contributed by atoms with van der Waals surface area (Å²) < 4.78 is 5.20. The molecule has 0 saturated carbocycles. The zero-order valence-electron chi connectivity index (χ0n) is 11.1. The number of nitrogens with zero attached hydrogens (tertiary/aromatic N) is 1. The highest BCUT2D eigenvalue weighted by Gasteiger charge is 2.22. The summed E-state index contributed by atoms with van der Waals surface area (Å²) >= 11 is 7.89. The molecule has 2 aromatic heterocycles. The van der Waals surface area contributed by atoms with E-state index in [-0.39, 0.29) is 0 Å². The molecule has 1 aromatic carbocycles. The van der Waals surface area contributed by atoms with Crippen molar-refractivity contribution in [2.45, 2.75) is 13.8 Å². The largest absolute Gasteiger partial charge is 0.367 e. The van der Waals surface area contributed by atoms with Gasteiger partial charge >= 0.3 is 0 Å². The summed E-state index contributed by atoms with van der Waals surface area (Å²) in [5, 5.41) is 6.81. The number of thiophene rings is 1. The quantitative estimate of drug-likeness (QED) is 0.731. The molecule has 3 nitrogen and oxygen atoms in total. The number of benzene rings is 1. The normalized spacial score (nSPS) is 10.9. The predicted octanol–water partition coefficient (Wildman–Crippen LogP) is 4.92. The van der Waals surface area contributed by atoms with Crippen molar-refractivity contribution in [1.29, 1.82) is 0 Å². The van der Waals surface area contributed by atoms with Gasteiger partial charge < -0.3 is 10.3 Å². The van der Waals surface area contributed by atoms with Gasteiger partial charge in [-0.2, -0.15) is 0 Å². The van der Waals surface area contributed by atoms with E-state index in [2.05, 4.69) is 5.16 Å². The molecule has 2 heterocycles. The summed E-state index contributed by atoms with van der Waals surface area (Å²) in [5.74, 6) is 0.316. The number of nitrogens with two attached hydrogens (primary N) is 1. The highest BCUT2D eigenvalue weighted by atomic mass is 35.5. The summed E-state index contributed by atoms with van der Waals surface area (Å²) in [4.78, 5) is 0.892. The fraction of sp³-hybridized carbons (Fsp3) is 0.133. The maximum atomic E-state index is 6.34. The summed E-state index contributed by atoms with van der Waals surface area (Å²) in [6, 6.07) is 8.01. The third kappa shape index (κ3) is 2.01. The van der Waals surface area contributed by atoms with E-state index in [0.29, 0.717) is 16.6 Å². The molecule has 5 heteroatoms. The van der Waals surface area contributed by atoms with E-state index in [4.69, 9.17) is 21.9 Å². The average Bonchev–Trinajstić information content (AvgIpc) is 2.95. The van der Waals surface area contributed by atoms with Gasteiger partial charge in [0.05, 0.1) is 15.5 Å². The smallest absolute Gasteiger partial charge is 0.230 e. The van der Waals surface area contributed by atoms with Crippen LogP contribution in [0.5, 0.6) is 0 Å². The van der Waals surface area contributed by atoms with Crippen LogP contribution < -0.4 is 5.73 Å². The molecule has 0 atom stereocenters. The molecule has 0 amide bonds. The van der Waals surface area contributed by atoms with E-state index in [9.17, 15) is 0 Å². The Morgan fingerprint density at radius 3 is 2.60 bits per heavy atom. The fourth-order valence-electron chi connectivity index (χ4n) is 2.16. The molecule has 0 saturated heterocycles. The van der Waals surface area contributed by atoms with E-state index in [0.717, 1.165) is 27.1 Å². The first-order valence-electron chi connectivity index (χ1n) is 6.14. The zero-order chi connectivity index (χ0) is 14.3. The molecule has 0 radical (unpaired) electrons. The summed E-state index contributed by atoms with van der Waals surface area (Å²) in [6.07, 6.45) is 0. The number of anilines is 1. The molecule has 0 aliphatic carbocycles. The monoisotopic (exact) mass is 304 g/mol. The maximum absolute atomic E-state index is 6.34. The Morgan fingerprint density at radius 2 is 1.95 bits per heavy atom. The SMILES string of the molecule is Cc1ccccc1-c1c(-c2scc(C)c2Cl)noc1N. The first-order valence-corrected chi connectivity index (χ1v) is 7.40. The summed E-state index contributed by atoms with van der Waals surface area (Å²) in [7, 11) is 0. The molecule has 2 N–H and O–H groups in total. The third-order valence-electron chi connectivity index (χ3n) is 3.25. The van der Waals surface area contributed by atoms with Crippen LogP contribution in [-0.4, -0.2) is 5.16 Å². The number of hydrogen-bond acceptors (Lipinski definition) is 4. The second kappa shape index (κ2) is 4.96. The first-order chi connectivity index (χ1) is 9.59. The number of aromatic nitrogens is 1. The van der Waals surface area contributed by atoms with Crippen LogP contribution in [0.2, 0.25) is 5.02 Å². The van der Waals surface area contributed by atoms with Gasteiger partial charge in [-0.25, -0.2) is 0 Å². The van der Waals surface area contributed by atoms with Gasteiger partial charge in [-0.1, -0.05) is 41.0 Å². The lowest BCUT2D eigenvalue weighted by atomic mass is 10.00. The number of halogens is 1. The van der Waals surface area contributed by atoms with Crippen molar-refractivity contribution in [3.05, 3.63) is 45.8 Å². The second-order valence-electron chi connectivity index (χ2n) is 4.65. The van der Waals surface area contributed by atoms with Crippen molar-refractivity contribution in [2.75, 3.05) is 5.73 Å². The molecule has 102 valence electrons. The average molecular weight is 305 g/mol. The Morgan fingerprint density at radius 1 is 1.20 bits per heavy atom. The van der Waals surface area contributed by atoms with Crippen molar-refractivity contribution >= 4 is 28.8 Å². The minimum Gasteiger partial charge on any atom is -0.367 e. The molecule has 0 unspecified atom stereocenters. The summed E-state index contributed by atoms with van der Waals surface area (Å²) in [5.41, 5.74) is 10.7. The minimum absolute atomic E-state index is 0.316. The Bertz CT molecular complexity index is 776. The molecule has 3 rings (SSSR count). The van der Waals surface area contributed by atoms with Crippen LogP contribution in [0.15, 0.2) is 34.2 Å². The van der Waals surface area contributed by atoms with Crippen LogP contribution in [0.3, 0.4) is 0 Å². The van der Waals surface area contributed by atoms with Gasteiger partial charge in [0.25, 0.3) is 0 Å². The van der Waals surface area contributed by atoms with Gasteiger partial charge in [-0.3, -0.25) is 0 Å². The van der Waals surface area contributed by atoms with Crippen LogP contribution in [0.1, 0.15) is 11.1 Å². The molecule has 0 aliphatic rings. The first kappa shape index (κ1) is 13.2. The molecule has 20 heavy (non-hydrogen) atoms. The van der Waals surface area contributed by atoms with Crippen LogP contribution in [0.25, 0.3) is 21.7 Å². The number of aryl methyl sites for hydroxylation is 2. The Balaban J connectivity index is 2.26. The molecule has 0 aliphatic heterocycles. The van der Waals surface area contributed by atoms with Crippen molar-refractivity contribution in [2.24, 2.45) is 0 Å². The van der Waals surface area contributed by atoms with Crippen LogP contribution in [0, 0.1) is 13.8 Å². The van der Waals surface area contributed by atoms with Gasteiger partial charge in [0, 0.05) is 0 Å². The Kier molecular flexibility index (Phi) is 3.28. The van der Waals surface area contributed by atoms with E-state index in [1.165, 1.54) is 0 Å².